The first-order valence-corrected chi connectivity index (χ1v) is 7.70. The maximum atomic E-state index is 8.97. The van der Waals surface area contributed by atoms with E-state index in [1.807, 2.05) is 37.3 Å². The van der Waals surface area contributed by atoms with Gasteiger partial charge in [0.2, 0.25) is 0 Å². The molecule has 3 rings (SSSR count). The number of aromatic nitrogens is 2. The van der Waals surface area contributed by atoms with Gasteiger partial charge in [-0.2, -0.15) is 0 Å². The van der Waals surface area contributed by atoms with Gasteiger partial charge in [-0.15, -0.1) is 11.8 Å². The second kappa shape index (κ2) is 5.87. The first-order chi connectivity index (χ1) is 10.2. The van der Waals surface area contributed by atoms with Crippen LogP contribution in [0.5, 0.6) is 5.75 Å². The van der Waals surface area contributed by atoms with E-state index in [2.05, 4.69) is 4.98 Å². The third-order valence-electron chi connectivity index (χ3n) is 3.29. The summed E-state index contributed by atoms with van der Waals surface area (Å²) in [5, 5.41) is 8.97. The smallest absolute Gasteiger partial charge is 0.147 e. The van der Waals surface area contributed by atoms with Crippen molar-refractivity contribution in [3.63, 3.8) is 0 Å². The van der Waals surface area contributed by atoms with Crippen LogP contribution in [-0.2, 0) is 0 Å². The number of benzene rings is 2. The first kappa shape index (κ1) is 14.1. The molecule has 0 aliphatic rings. The van der Waals surface area contributed by atoms with Gasteiger partial charge in [-0.25, -0.2) is 9.97 Å². The average molecular weight is 300 g/mol. The molecule has 1 N–H and O–H groups in total. The molecule has 0 aliphatic carbocycles. The van der Waals surface area contributed by atoms with E-state index in [1.54, 1.807) is 18.9 Å². The van der Waals surface area contributed by atoms with Crippen molar-refractivity contribution in [3.8, 4) is 5.75 Å². The molecule has 0 unspecified atom stereocenters. The maximum absolute atomic E-state index is 8.97. The van der Waals surface area contributed by atoms with Crippen LogP contribution in [0.25, 0.3) is 22.1 Å². The van der Waals surface area contributed by atoms with Gasteiger partial charge in [-0.3, -0.25) is 0 Å². The van der Waals surface area contributed by atoms with Gasteiger partial charge in [0.05, 0.1) is 30.3 Å². The molecule has 108 valence electrons. The van der Waals surface area contributed by atoms with Crippen LogP contribution in [0.1, 0.15) is 5.56 Å². The van der Waals surface area contributed by atoms with Crippen molar-refractivity contribution in [1.29, 1.82) is 0 Å². The van der Waals surface area contributed by atoms with Crippen LogP contribution in [0.15, 0.2) is 35.2 Å². The monoisotopic (exact) mass is 300 g/mol. The molecule has 0 saturated carbocycles. The molecule has 0 spiro atoms. The maximum Gasteiger partial charge on any atom is 0.147 e. The van der Waals surface area contributed by atoms with Crippen molar-refractivity contribution in [2.24, 2.45) is 0 Å². The van der Waals surface area contributed by atoms with Gasteiger partial charge in [0, 0.05) is 10.6 Å². The summed E-state index contributed by atoms with van der Waals surface area (Å²) >= 11 is 1.58. The largest absolute Gasteiger partial charge is 0.494 e. The Bertz CT molecular complexity index is 805. The third kappa shape index (κ3) is 2.66. The second-order valence-electron chi connectivity index (χ2n) is 4.73. The average Bonchev–Trinajstić information content (AvgIpc) is 2.51. The zero-order valence-corrected chi connectivity index (χ0v) is 12.8. The summed E-state index contributed by atoms with van der Waals surface area (Å²) in [5.74, 6) is 1.36. The molecule has 4 nitrogen and oxygen atoms in total. The summed E-state index contributed by atoms with van der Waals surface area (Å²) in [6, 6.07) is 9.92. The van der Waals surface area contributed by atoms with Gasteiger partial charge in [0.15, 0.2) is 0 Å². The Balaban J connectivity index is 2.25. The molecular formula is C16H16N2O2S. The lowest BCUT2D eigenvalue weighted by Gasteiger charge is -2.09. The van der Waals surface area contributed by atoms with Crippen LogP contribution < -0.4 is 4.74 Å². The van der Waals surface area contributed by atoms with Crippen LogP contribution in [0.4, 0.5) is 0 Å². The van der Waals surface area contributed by atoms with Crippen molar-refractivity contribution in [3.05, 3.63) is 35.9 Å². The fourth-order valence-electron chi connectivity index (χ4n) is 2.29. The highest BCUT2D eigenvalue weighted by atomic mass is 32.2. The molecule has 0 aliphatic heterocycles. The van der Waals surface area contributed by atoms with Crippen LogP contribution in [0.2, 0.25) is 0 Å². The Labute approximate surface area is 127 Å². The highest BCUT2D eigenvalue weighted by molar-refractivity contribution is 7.99. The SMILES string of the molecule is COc1cc(SCCO)cc2nc3c(C)cccc3nc12. The Kier molecular flexibility index (Phi) is 3.94. The van der Waals surface area contributed by atoms with Gasteiger partial charge < -0.3 is 9.84 Å². The number of rotatable bonds is 4. The standard InChI is InChI=1S/C16H16N2O2S/c1-10-4-3-5-12-15(10)18-13-8-11(21-7-6-19)9-14(20-2)16(13)17-12/h3-5,8-9,19H,6-7H2,1-2H3. The molecule has 0 amide bonds. The molecule has 1 aromatic heterocycles. The number of hydrogen-bond acceptors (Lipinski definition) is 5. The predicted octanol–water partition coefficient (Wildman–Crippen LogP) is 3.18. The van der Waals surface area contributed by atoms with Crippen LogP contribution in [0.3, 0.4) is 0 Å². The van der Waals surface area contributed by atoms with Gasteiger partial charge in [-0.05, 0) is 30.7 Å². The summed E-state index contributed by atoms with van der Waals surface area (Å²) in [7, 11) is 1.64. The predicted molar refractivity (Wildman–Crippen MR) is 86.1 cm³/mol. The number of methoxy groups -OCH3 is 1. The quantitative estimate of drug-likeness (QED) is 0.592. The Morgan fingerprint density at radius 1 is 1.14 bits per heavy atom. The van der Waals surface area contributed by atoms with E-state index < -0.39 is 0 Å². The number of ether oxygens (including phenoxy) is 1. The van der Waals surface area contributed by atoms with Crippen LogP contribution in [-0.4, -0.2) is 34.5 Å². The molecular weight excluding hydrogens is 284 g/mol. The van der Waals surface area contributed by atoms with Crippen molar-refractivity contribution in [1.82, 2.24) is 9.97 Å². The topological polar surface area (TPSA) is 55.2 Å². The van der Waals surface area contributed by atoms with E-state index in [1.165, 1.54) is 0 Å². The summed E-state index contributed by atoms with van der Waals surface area (Å²) < 4.78 is 5.45. The van der Waals surface area contributed by atoms with E-state index in [-0.39, 0.29) is 6.61 Å². The number of thioether (sulfide) groups is 1. The van der Waals surface area contributed by atoms with E-state index in [4.69, 9.17) is 14.8 Å². The Morgan fingerprint density at radius 3 is 2.71 bits per heavy atom. The molecule has 2 aromatic carbocycles. The van der Waals surface area contributed by atoms with Crippen LogP contribution in [0, 0.1) is 6.92 Å². The van der Waals surface area contributed by atoms with Crippen molar-refractivity contribution >= 4 is 33.8 Å². The molecule has 3 aromatic rings. The lowest BCUT2D eigenvalue weighted by atomic mass is 10.2. The molecule has 0 fully saturated rings. The summed E-state index contributed by atoms with van der Waals surface area (Å²) in [4.78, 5) is 10.4. The molecule has 1 heterocycles. The second-order valence-corrected chi connectivity index (χ2v) is 5.90. The highest BCUT2D eigenvalue weighted by Gasteiger charge is 2.10. The summed E-state index contributed by atoms with van der Waals surface area (Å²) in [5.41, 5.74) is 4.47. The molecule has 0 bridgehead atoms. The highest BCUT2D eigenvalue weighted by Crippen LogP contribution is 2.31. The van der Waals surface area contributed by atoms with Crippen molar-refractivity contribution < 1.29 is 9.84 Å². The minimum atomic E-state index is 0.146. The van der Waals surface area contributed by atoms with E-state index in [0.717, 1.165) is 32.5 Å². The number of nitrogens with zero attached hydrogens (tertiary/aromatic N) is 2. The minimum absolute atomic E-state index is 0.146. The number of para-hydroxylation sites is 1. The van der Waals surface area contributed by atoms with Crippen molar-refractivity contribution in [2.45, 2.75) is 11.8 Å². The van der Waals surface area contributed by atoms with Gasteiger partial charge in [-0.1, -0.05) is 12.1 Å². The van der Waals surface area contributed by atoms with Crippen LogP contribution >= 0.6 is 11.8 Å². The lowest BCUT2D eigenvalue weighted by Crippen LogP contribution is -1.94. The normalized spacial score (nSPS) is 11.2. The van der Waals surface area contributed by atoms with E-state index in [0.29, 0.717) is 11.5 Å². The Morgan fingerprint density at radius 2 is 1.95 bits per heavy atom. The zero-order valence-electron chi connectivity index (χ0n) is 12.0. The summed E-state index contributed by atoms with van der Waals surface area (Å²) in [6.07, 6.45) is 0. The lowest BCUT2D eigenvalue weighted by molar-refractivity contribution is 0.322. The summed E-state index contributed by atoms with van der Waals surface area (Å²) in [6.45, 7) is 2.18. The molecule has 0 radical (unpaired) electrons. The van der Waals surface area contributed by atoms with Crippen molar-refractivity contribution in [2.75, 3.05) is 19.5 Å². The Hall–Kier alpha value is -1.85. The number of hydrogen-bond donors (Lipinski definition) is 1. The van der Waals surface area contributed by atoms with E-state index >= 15 is 0 Å². The van der Waals surface area contributed by atoms with Gasteiger partial charge in [0.25, 0.3) is 0 Å². The fourth-order valence-corrected chi connectivity index (χ4v) is 3.00. The fraction of sp³-hybridized carbons (Fsp3) is 0.250. The number of aliphatic hydroxyl groups is 1. The first-order valence-electron chi connectivity index (χ1n) is 6.71. The van der Waals surface area contributed by atoms with Gasteiger partial charge in [0.1, 0.15) is 11.3 Å². The minimum Gasteiger partial charge on any atom is -0.494 e. The third-order valence-corrected chi connectivity index (χ3v) is 4.24. The number of aliphatic hydroxyl groups excluding tert-OH is 1. The van der Waals surface area contributed by atoms with E-state index in [9.17, 15) is 0 Å². The number of aryl methyl sites for hydroxylation is 1. The van der Waals surface area contributed by atoms with Gasteiger partial charge >= 0.3 is 0 Å². The molecule has 0 saturated heterocycles. The molecule has 0 atom stereocenters. The molecule has 5 heteroatoms. The molecule has 21 heavy (non-hydrogen) atoms. The number of fused-ring (bicyclic) bond motifs is 2. The zero-order chi connectivity index (χ0) is 14.8.